The maximum Gasteiger partial charge on any atom is 0.327 e. The molecule has 1 heterocycles. The third-order valence-corrected chi connectivity index (χ3v) is 3.13. The number of rotatable bonds is 3. The van der Waals surface area contributed by atoms with Crippen LogP contribution in [0.3, 0.4) is 0 Å². The molecular weight excluding hydrogens is 248 g/mol. The summed E-state index contributed by atoms with van der Waals surface area (Å²) in [5.41, 5.74) is 0.467. The van der Waals surface area contributed by atoms with E-state index in [-0.39, 0.29) is 12.5 Å². The highest BCUT2D eigenvalue weighted by Crippen LogP contribution is 2.15. The molecule has 1 atom stereocenters. The summed E-state index contributed by atoms with van der Waals surface area (Å²) in [4.78, 5) is 24.8. The number of hydrogen-bond acceptors (Lipinski definition) is 4. The number of hydrogen-bond donors (Lipinski definition) is 2. The Hall–Kier alpha value is -2.08. The highest BCUT2D eigenvalue weighted by molar-refractivity contribution is 5.96. The van der Waals surface area contributed by atoms with Crippen molar-refractivity contribution in [2.24, 2.45) is 0 Å². The molecule has 1 aromatic carbocycles. The average molecular weight is 264 g/mol. The number of nitrogens with zero attached hydrogens (tertiary/aromatic N) is 1. The van der Waals surface area contributed by atoms with Gasteiger partial charge in [0, 0.05) is 25.2 Å². The monoisotopic (exact) mass is 264 g/mol. The van der Waals surface area contributed by atoms with Gasteiger partial charge in [-0.15, -0.1) is 0 Å². The van der Waals surface area contributed by atoms with Crippen molar-refractivity contribution in [3.8, 4) is 5.75 Å². The first-order valence-corrected chi connectivity index (χ1v) is 6.02. The summed E-state index contributed by atoms with van der Waals surface area (Å²) in [6, 6.07) is 5.84. The molecule has 6 heteroatoms. The third kappa shape index (κ3) is 2.85. The van der Waals surface area contributed by atoms with Gasteiger partial charge in [0.15, 0.2) is 0 Å². The van der Waals surface area contributed by atoms with Crippen molar-refractivity contribution in [2.45, 2.75) is 6.04 Å². The van der Waals surface area contributed by atoms with E-state index in [0.717, 1.165) is 0 Å². The molecule has 1 fully saturated rings. The molecule has 1 saturated heterocycles. The van der Waals surface area contributed by atoms with Crippen LogP contribution in [-0.2, 0) is 4.79 Å². The van der Waals surface area contributed by atoms with E-state index in [1.807, 2.05) is 0 Å². The van der Waals surface area contributed by atoms with Gasteiger partial charge in [0.1, 0.15) is 11.8 Å². The maximum atomic E-state index is 12.3. The predicted octanol–water partition coefficient (Wildman–Crippen LogP) is 0.194. The molecule has 0 radical (unpaired) electrons. The van der Waals surface area contributed by atoms with E-state index in [2.05, 4.69) is 5.32 Å². The lowest BCUT2D eigenvalue weighted by Gasteiger charge is -2.33. The molecule has 1 unspecified atom stereocenters. The molecule has 2 N–H and O–H groups in total. The summed E-state index contributed by atoms with van der Waals surface area (Å²) < 4.78 is 5.02. The Labute approximate surface area is 111 Å². The van der Waals surface area contributed by atoms with Gasteiger partial charge >= 0.3 is 5.97 Å². The van der Waals surface area contributed by atoms with Crippen LogP contribution in [0.2, 0.25) is 0 Å². The lowest BCUT2D eigenvalue weighted by molar-refractivity contribution is -0.142. The third-order valence-electron chi connectivity index (χ3n) is 3.13. The molecule has 1 aromatic rings. The number of carboxylic acids is 1. The second kappa shape index (κ2) is 5.71. The van der Waals surface area contributed by atoms with E-state index in [4.69, 9.17) is 9.84 Å². The van der Waals surface area contributed by atoms with Crippen LogP contribution >= 0.6 is 0 Å². The minimum atomic E-state index is -0.992. The smallest absolute Gasteiger partial charge is 0.327 e. The summed E-state index contributed by atoms with van der Waals surface area (Å²) in [5.74, 6) is -0.600. The van der Waals surface area contributed by atoms with E-state index in [0.29, 0.717) is 24.4 Å². The van der Waals surface area contributed by atoms with Crippen LogP contribution in [-0.4, -0.2) is 54.7 Å². The molecule has 1 aliphatic heterocycles. The van der Waals surface area contributed by atoms with Gasteiger partial charge < -0.3 is 20.1 Å². The first kappa shape index (κ1) is 13.4. The van der Waals surface area contributed by atoms with Gasteiger partial charge in [-0.05, 0) is 24.3 Å². The molecule has 6 nitrogen and oxygen atoms in total. The molecule has 102 valence electrons. The number of carbonyl (C=O) groups excluding carboxylic acids is 1. The van der Waals surface area contributed by atoms with E-state index >= 15 is 0 Å². The highest BCUT2D eigenvalue weighted by atomic mass is 16.5. The number of carbonyl (C=O) groups is 2. The Kier molecular flexibility index (Phi) is 4.01. The number of amides is 1. The zero-order valence-corrected chi connectivity index (χ0v) is 10.6. The lowest BCUT2D eigenvalue weighted by Crippen LogP contribution is -2.56. The lowest BCUT2D eigenvalue weighted by atomic mass is 10.1. The topological polar surface area (TPSA) is 78.9 Å². The van der Waals surface area contributed by atoms with Crippen molar-refractivity contribution in [1.82, 2.24) is 10.2 Å². The molecule has 19 heavy (non-hydrogen) atoms. The molecular formula is C13H16N2O4. The second-order valence-electron chi connectivity index (χ2n) is 4.29. The molecule has 1 amide bonds. The van der Waals surface area contributed by atoms with Crippen molar-refractivity contribution < 1.29 is 19.4 Å². The SMILES string of the molecule is COc1ccc(C(=O)N2CCNCC2C(=O)O)cc1. The number of nitrogens with one attached hydrogen (secondary N) is 1. The number of methoxy groups -OCH3 is 1. The number of aliphatic carboxylic acids is 1. The fraction of sp³-hybridized carbons (Fsp3) is 0.385. The predicted molar refractivity (Wildman–Crippen MR) is 68.3 cm³/mol. The molecule has 1 aliphatic rings. The zero-order chi connectivity index (χ0) is 13.8. The summed E-state index contributed by atoms with van der Waals surface area (Å²) >= 11 is 0. The first-order chi connectivity index (χ1) is 9.13. The molecule has 0 spiro atoms. The first-order valence-electron chi connectivity index (χ1n) is 6.02. The second-order valence-corrected chi connectivity index (χ2v) is 4.29. The van der Waals surface area contributed by atoms with Gasteiger partial charge in [0.05, 0.1) is 7.11 Å². The zero-order valence-electron chi connectivity index (χ0n) is 10.6. The van der Waals surface area contributed by atoms with Crippen LogP contribution in [0.1, 0.15) is 10.4 Å². The summed E-state index contributed by atoms with van der Waals surface area (Å²) in [6.07, 6.45) is 0. The van der Waals surface area contributed by atoms with Gasteiger partial charge in [-0.3, -0.25) is 4.79 Å². The Balaban J connectivity index is 2.18. The van der Waals surface area contributed by atoms with E-state index < -0.39 is 12.0 Å². The van der Waals surface area contributed by atoms with Gasteiger partial charge in [-0.25, -0.2) is 4.79 Å². The Morgan fingerprint density at radius 3 is 2.63 bits per heavy atom. The van der Waals surface area contributed by atoms with Crippen LogP contribution < -0.4 is 10.1 Å². The van der Waals surface area contributed by atoms with Gasteiger partial charge in [-0.1, -0.05) is 0 Å². The Bertz CT molecular complexity index is 472. The summed E-state index contributed by atoms with van der Waals surface area (Å²) in [7, 11) is 1.55. The van der Waals surface area contributed by atoms with Gasteiger partial charge in [-0.2, -0.15) is 0 Å². The number of benzene rings is 1. The fourth-order valence-electron chi connectivity index (χ4n) is 2.07. The van der Waals surface area contributed by atoms with Crippen LogP contribution in [0.25, 0.3) is 0 Å². The Morgan fingerprint density at radius 2 is 2.05 bits per heavy atom. The molecule has 0 aliphatic carbocycles. The normalized spacial score (nSPS) is 19.0. The Morgan fingerprint density at radius 1 is 1.37 bits per heavy atom. The number of ether oxygens (including phenoxy) is 1. The minimum Gasteiger partial charge on any atom is -0.497 e. The molecule has 2 rings (SSSR count). The minimum absolute atomic E-state index is 0.267. The fourth-order valence-corrected chi connectivity index (χ4v) is 2.07. The maximum absolute atomic E-state index is 12.3. The van der Waals surface area contributed by atoms with Crippen molar-refractivity contribution in [3.05, 3.63) is 29.8 Å². The molecule has 0 saturated carbocycles. The van der Waals surface area contributed by atoms with Crippen LogP contribution in [0, 0.1) is 0 Å². The largest absolute Gasteiger partial charge is 0.497 e. The highest BCUT2D eigenvalue weighted by Gasteiger charge is 2.32. The molecule has 0 aromatic heterocycles. The van der Waals surface area contributed by atoms with Gasteiger partial charge in [0.25, 0.3) is 5.91 Å². The molecule has 0 bridgehead atoms. The van der Waals surface area contributed by atoms with Crippen molar-refractivity contribution in [1.29, 1.82) is 0 Å². The number of carboxylic acid groups (broad SMARTS) is 1. The van der Waals surface area contributed by atoms with Crippen molar-refractivity contribution >= 4 is 11.9 Å². The number of piperazine rings is 1. The average Bonchev–Trinajstić information content (AvgIpc) is 2.46. The van der Waals surface area contributed by atoms with Crippen LogP contribution in [0.15, 0.2) is 24.3 Å². The van der Waals surface area contributed by atoms with E-state index in [1.165, 1.54) is 4.90 Å². The van der Waals surface area contributed by atoms with Crippen molar-refractivity contribution in [3.63, 3.8) is 0 Å². The van der Waals surface area contributed by atoms with Crippen LogP contribution in [0.5, 0.6) is 5.75 Å². The summed E-state index contributed by atoms with van der Waals surface area (Å²) in [5, 5.41) is 12.1. The van der Waals surface area contributed by atoms with Crippen LogP contribution in [0.4, 0.5) is 0 Å². The van der Waals surface area contributed by atoms with E-state index in [1.54, 1.807) is 31.4 Å². The summed E-state index contributed by atoms with van der Waals surface area (Å²) in [6.45, 7) is 1.27. The quantitative estimate of drug-likeness (QED) is 0.815. The standard InChI is InChI=1S/C13H16N2O4/c1-19-10-4-2-9(3-5-10)12(16)15-7-6-14-8-11(15)13(17)18/h2-5,11,14H,6-8H2,1H3,(H,17,18). The van der Waals surface area contributed by atoms with E-state index in [9.17, 15) is 9.59 Å². The van der Waals surface area contributed by atoms with Crippen molar-refractivity contribution in [2.75, 3.05) is 26.7 Å². The van der Waals surface area contributed by atoms with Gasteiger partial charge in [0.2, 0.25) is 0 Å².